The van der Waals surface area contributed by atoms with Gasteiger partial charge in [-0.05, 0) is 42.9 Å². The standard InChI is InChI=1S/C14H21NOS/c1-14(16,13-5-3-2-4-6-13)11-15-9-12-7-8-17-10-12/h2-6,12,15-16H,7-11H2,1H3. The molecule has 94 valence electrons. The molecule has 1 aromatic carbocycles. The van der Waals surface area contributed by atoms with Crippen LogP contribution < -0.4 is 5.32 Å². The molecule has 0 spiro atoms. The van der Waals surface area contributed by atoms with Gasteiger partial charge in [0.25, 0.3) is 0 Å². The average Bonchev–Trinajstić information content (AvgIpc) is 2.83. The minimum atomic E-state index is -0.771. The first-order chi connectivity index (χ1) is 8.18. The normalized spacial score (nSPS) is 23.5. The molecule has 0 aromatic heterocycles. The number of aliphatic hydroxyl groups is 1. The number of hydrogen-bond donors (Lipinski definition) is 2. The summed E-state index contributed by atoms with van der Waals surface area (Å²) in [5, 5.41) is 13.8. The van der Waals surface area contributed by atoms with E-state index < -0.39 is 5.60 Å². The third-order valence-electron chi connectivity index (χ3n) is 3.32. The van der Waals surface area contributed by atoms with E-state index in [9.17, 15) is 5.11 Å². The zero-order valence-corrected chi connectivity index (χ0v) is 11.2. The largest absolute Gasteiger partial charge is 0.384 e. The maximum absolute atomic E-state index is 10.4. The first-order valence-electron chi connectivity index (χ1n) is 6.25. The van der Waals surface area contributed by atoms with Crippen LogP contribution in [0.1, 0.15) is 18.9 Å². The Morgan fingerprint density at radius 3 is 2.82 bits per heavy atom. The lowest BCUT2D eigenvalue weighted by Gasteiger charge is -2.25. The minimum absolute atomic E-state index is 0.623. The van der Waals surface area contributed by atoms with Gasteiger partial charge in [0.15, 0.2) is 0 Å². The SMILES string of the molecule is CC(O)(CNCC1CCSC1)c1ccccc1. The summed E-state index contributed by atoms with van der Waals surface area (Å²) in [5.41, 5.74) is 0.209. The molecule has 1 aromatic rings. The lowest BCUT2D eigenvalue weighted by Crippen LogP contribution is -2.37. The van der Waals surface area contributed by atoms with E-state index in [4.69, 9.17) is 0 Å². The minimum Gasteiger partial charge on any atom is -0.384 e. The predicted molar refractivity (Wildman–Crippen MR) is 74.3 cm³/mol. The zero-order valence-electron chi connectivity index (χ0n) is 10.4. The maximum atomic E-state index is 10.4. The van der Waals surface area contributed by atoms with Crippen LogP contribution in [-0.4, -0.2) is 29.7 Å². The van der Waals surface area contributed by atoms with E-state index in [1.807, 2.05) is 49.0 Å². The monoisotopic (exact) mass is 251 g/mol. The first-order valence-corrected chi connectivity index (χ1v) is 7.40. The highest BCUT2D eigenvalue weighted by atomic mass is 32.2. The number of nitrogens with one attached hydrogen (secondary N) is 1. The van der Waals surface area contributed by atoms with Crippen molar-refractivity contribution in [3.8, 4) is 0 Å². The Kier molecular flexibility index (Phi) is 4.48. The van der Waals surface area contributed by atoms with Gasteiger partial charge >= 0.3 is 0 Å². The van der Waals surface area contributed by atoms with Gasteiger partial charge < -0.3 is 10.4 Å². The van der Waals surface area contributed by atoms with Crippen molar-refractivity contribution in [2.75, 3.05) is 24.6 Å². The molecule has 0 saturated carbocycles. The average molecular weight is 251 g/mol. The summed E-state index contributed by atoms with van der Waals surface area (Å²) < 4.78 is 0. The lowest BCUT2D eigenvalue weighted by molar-refractivity contribution is 0.0563. The smallest absolute Gasteiger partial charge is 0.0992 e. The molecule has 1 aliphatic rings. The molecule has 0 amide bonds. The quantitative estimate of drug-likeness (QED) is 0.842. The van der Waals surface area contributed by atoms with Crippen LogP contribution in [0.15, 0.2) is 30.3 Å². The first kappa shape index (κ1) is 12.9. The summed E-state index contributed by atoms with van der Waals surface area (Å²) in [7, 11) is 0. The van der Waals surface area contributed by atoms with Gasteiger partial charge in [0, 0.05) is 6.54 Å². The number of hydrogen-bond acceptors (Lipinski definition) is 3. The summed E-state index contributed by atoms with van der Waals surface area (Å²) >= 11 is 2.03. The molecule has 0 aliphatic carbocycles. The van der Waals surface area contributed by atoms with Gasteiger partial charge in [-0.2, -0.15) is 11.8 Å². The van der Waals surface area contributed by atoms with E-state index in [0.29, 0.717) is 6.54 Å². The van der Waals surface area contributed by atoms with Gasteiger partial charge in [-0.15, -0.1) is 0 Å². The third kappa shape index (κ3) is 3.73. The summed E-state index contributed by atoms with van der Waals surface area (Å²) in [6, 6.07) is 9.87. The Morgan fingerprint density at radius 1 is 1.41 bits per heavy atom. The van der Waals surface area contributed by atoms with Gasteiger partial charge in [-0.1, -0.05) is 30.3 Å². The highest BCUT2D eigenvalue weighted by molar-refractivity contribution is 7.99. The molecule has 2 nitrogen and oxygen atoms in total. The number of thioether (sulfide) groups is 1. The zero-order chi connectivity index (χ0) is 12.1. The van der Waals surface area contributed by atoms with Crippen LogP contribution in [0.2, 0.25) is 0 Å². The molecule has 1 saturated heterocycles. The molecule has 0 bridgehead atoms. The van der Waals surface area contributed by atoms with Crippen molar-refractivity contribution >= 4 is 11.8 Å². The van der Waals surface area contributed by atoms with E-state index in [-0.39, 0.29) is 0 Å². The topological polar surface area (TPSA) is 32.3 Å². The maximum Gasteiger partial charge on any atom is 0.0992 e. The fourth-order valence-corrected chi connectivity index (χ4v) is 3.45. The molecule has 0 radical (unpaired) electrons. The summed E-state index contributed by atoms with van der Waals surface area (Å²) in [6.45, 7) is 3.52. The second kappa shape index (κ2) is 5.89. The van der Waals surface area contributed by atoms with Crippen molar-refractivity contribution in [2.45, 2.75) is 18.9 Å². The molecule has 1 aliphatic heterocycles. The molecule has 17 heavy (non-hydrogen) atoms. The second-order valence-corrected chi connectivity index (χ2v) is 6.15. The van der Waals surface area contributed by atoms with Crippen molar-refractivity contribution in [1.29, 1.82) is 0 Å². The molecular weight excluding hydrogens is 230 g/mol. The molecule has 2 atom stereocenters. The summed E-state index contributed by atoms with van der Waals surface area (Å²) in [4.78, 5) is 0. The molecule has 3 heteroatoms. The predicted octanol–water partition coefficient (Wildman–Crippen LogP) is 2.24. The second-order valence-electron chi connectivity index (χ2n) is 5.00. The van der Waals surface area contributed by atoms with Crippen molar-refractivity contribution in [3.63, 3.8) is 0 Å². The summed E-state index contributed by atoms with van der Waals surface area (Å²) in [5.74, 6) is 3.34. The van der Waals surface area contributed by atoms with Crippen LogP contribution in [0, 0.1) is 5.92 Å². The van der Waals surface area contributed by atoms with E-state index in [1.54, 1.807) is 0 Å². The van der Waals surface area contributed by atoms with Crippen LogP contribution in [-0.2, 0) is 5.60 Å². The van der Waals surface area contributed by atoms with Crippen molar-refractivity contribution in [3.05, 3.63) is 35.9 Å². The van der Waals surface area contributed by atoms with Gasteiger partial charge in [0.05, 0.1) is 5.60 Å². The summed E-state index contributed by atoms with van der Waals surface area (Å²) in [6.07, 6.45) is 1.31. The Hall–Kier alpha value is -0.510. The van der Waals surface area contributed by atoms with E-state index in [2.05, 4.69) is 5.32 Å². The number of benzene rings is 1. The molecule has 1 fully saturated rings. The molecule has 2 unspecified atom stereocenters. The molecule has 2 rings (SSSR count). The van der Waals surface area contributed by atoms with E-state index in [0.717, 1.165) is 18.0 Å². The van der Waals surface area contributed by atoms with E-state index in [1.165, 1.54) is 17.9 Å². The van der Waals surface area contributed by atoms with Crippen LogP contribution in [0.3, 0.4) is 0 Å². The van der Waals surface area contributed by atoms with Gasteiger partial charge in [-0.25, -0.2) is 0 Å². The third-order valence-corrected chi connectivity index (χ3v) is 4.55. The highest BCUT2D eigenvalue weighted by Crippen LogP contribution is 2.23. The van der Waals surface area contributed by atoms with Gasteiger partial charge in [-0.3, -0.25) is 0 Å². The van der Waals surface area contributed by atoms with Crippen molar-refractivity contribution < 1.29 is 5.11 Å². The van der Waals surface area contributed by atoms with Crippen LogP contribution in [0.5, 0.6) is 0 Å². The van der Waals surface area contributed by atoms with Crippen molar-refractivity contribution in [1.82, 2.24) is 5.32 Å². The molecule has 1 heterocycles. The Morgan fingerprint density at radius 2 is 2.18 bits per heavy atom. The van der Waals surface area contributed by atoms with Gasteiger partial charge in [0.1, 0.15) is 0 Å². The van der Waals surface area contributed by atoms with Crippen molar-refractivity contribution in [2.24, 2.45) is 5.92 Å². The van der Waals surface area contributed by atoms with Gasteiger partial charge in [0.2, 0.25) is 0 Å². The van der Waals surface area contributed by atoms with E-state index >= 15 is 0 Å². The Bertz CT molecular complexity index is 333. The Labute approximate surface area is 108 Å². The fraction of sp³-hybridized carbons (Fsp3) is 0.571. The van der Waals surface area contributed by atoms with Crippen LogP contribution in [0.4, 0.5) is 0 Å². The fourth-order valence-electron chi connectivity index (χ4n) is 2.16. The highest BCUT2D eigenvalue weighted by Gasteiger charge is 2.23. The lowest BCUT2D eigenvalue weighted by atomic mass is 9.96. The molecular formula is C14H21NOS. The Balaban J connectivity index is 1.80. The van der Waals surface area contributed by atoms with Crippen LogP contribution >= 0.6 is 11.8 Å². The number of rotatable bonds is 5. The van der Waals surface area contributed by atoms with Crippen LogP contribution in [0.25, 0.3) is 0 Å². The molecule has 2 N–H and O–H groups in total.